The van der Waals surface area contributed by atoms with Crippen molar-refractivity contribution in [2.75, 3.05) is 6.54 Å². The van der Waals surface area contributed by atoms with Gasteiger partial charge in [-0.2, -0.15) is 0 Å². The highest BCUT2D eigenvalue weighted by molar-refractivity contribution is 6.34. The molecule has 88 valence electrons. The normalized spacial score (nSPS) is 12.4. The van der Waals surface area contributed by atoms with Crippen molar-refractivity contribution in [1.29, 1.82) is 0 Å². The van der Waals surface area contributed by atoms with Crippen LogP contribution in [0.15, 0.2) is 30.9 Å². The second-order valence-corrected chi connectivity index (χ2v) is 4.55. The monoisotopic (exact) mass is 257 g/mol. The van der Waals surface area contributed by atoms with Crippen LogP contribution >= 0.6 is 23.2 Å². The van der Waals surface area contributed by atoms with Crippen molar-refractivity contribution in [3.05, 3.63) is 46.5 Å². The van der Waals surface area contributed by atoms with Crippen LogP contribution in [-0.2, 0) is 0 Å². The molecule has 0 radical (unpaired) electrons. The van der Waals surface area contributed by atoms with Crippen molar-refractivity contribution in [1.82, 2.24) is 5.32 Å². The molecule has 0 bridgehead atoms. The molecule has 16 heavy (non-hydrogen) atoms. The smallest absolute Gasteiger partial charge is 0.0424 e. The molecule has 0 heterocycles. The Balaban J connectivity index is 2.85. The van der Waals surface area contributed by atoms with Gasteiger partial charge >= 0.3 is 0 Å². The van der Waals surface area contributed by atoms with Crippen LogP contribution < -0.4 is 5.32 Å². The SMILES string of the molecule is C=CCCC(NCC)c1cc(Cl)cc(Cl)c1. The highest BCUT2D eigenvalue weighted by atomic mass is 35.5. The molecule has 0 aromatic heterocycles. The molecule has 1 atom stereocenters. The first-order valence-corrected chi connectivity index (χ1v) is 6.23. The van der Waals surface area contributed by atoms with E-state index in [4.69, 9.17) is 23.2 Å². The van der Waals surface area contributed by atoms with Gasteiger partial charge in [-0.3, -0.25) is 0 Å². The third-order valence-corrected chi connectivity index (χ3v) is 2.83. The summed E-state index contributed by atoms with van der Waals surface area (Å²) in [4.78, 5) is 0. The van der Waals surface area contributed by atoms with Crippen LogP contribution in [0.1, 0.15) is 31.4 Å². The number of benzene rings is 1. The van der Waals surface area contributed by atoms with Gasteiger partial charge in [0.2, 0.25) is 0 Å². The molecule has 0 saturated carbocycles. The van der Waals surface area contributed by atoms with Crippen LogP contribution in [0.3, 0.4) is 0 Å². The summed E-state index contributed by atoms with van der Waals surface area (Å²) in [6.07, 6.45) is 3.91. The Kier molecular flexibility index (Phi) is 5.89. The van der Waals surface area contributed by atoms with Gasteiger partial charge in [0, 0.05) is 16.1 Å². The maximum absolute atomic E-state index is 6.00. The van der Waals surface area contributed by atoms with Crippen LogP contribution in [0.5, 0.6) is 0 Å². The highest BCUT2D eigenvalue weighted by Crippen LogP contribution is 2.26. The van der Waals surface area contributed by atoms with Crippen molar-refractivity contribution in [2.24, 2.45) is 0 Å². The Morgan fingerprint density at radius 3 is 2.44 bits per heavy atom. The lowest BCUT2D eigenvalue weighted by Gasteiger charge is -2.18. The van der Waals surface area contributed by atoms with E-state index in [1.807, 2.05) is 18.2 Å². The predicted molar refractivity (Wildman–Crippen MR) is 72.3 cm³/mol. The average molecular weight is 258 g/mol. The first-order valence-electron chi connectivity index (χ1n) is 5.47. The zero-order chi connectivity index (χ0) is 12.0. The Hall–Kier alpha value is -0.500. The molecule has 1 rings (SSSR count). The Bertz CT molecular complexity index is 330. The van der Waals surface area contributed by atoms with Crippen LogP contribution in [0, 0.1) is 0 Å². The number of halogens is 2. The summed E-state index contributed by atoms with van der Waals surface area (Å²) in [6, 6.07) is 5.97. The summed E-state index contributed by atoms with van der Waals surface area (Å²) in [5, 5.41) is 4.79. The summed E-state index contributed by atoms with van der Waals surface area (Å²) in [6.45, 7) is 6.75. The van der Waals surface area contributed by atoms with Gasteiger partial charge in [0.15, 0.2) is 0 Å². The third kappa shape index (κ3) is 4.17. The fourth-order valence-electron chi connectivity index (χ4n) is 1.69. The van der Waals surface area contributed by atoms with Crippen LogP contribution in [0.4, 0.5) is 0 Å². The summed E-state index contributed by atoms with van der Waals surface area (Å²) < 4.78 is 0. The quantitative estimate of drug-likeness (QED) is 0.734. The highest BCUT2D eigenvalue weighted by Gasteiger charge is 2.10. The Morgan fingerprint density at radius 2 is 1.94 bits per heavy atom. The van der Waals surface area contributed by atoms with Gasteiger partial charge < -0.3 is 5.32 Å². The molecular weight excluding hydrogens is 241 g/mol. The molecule has 0 fully saturated rings. The Morgan fingerprint density at radius 1 is 1.31 bits per heavy atom. The molecule has 1 N–H and O–H groups in total. The van der Waals surface area contributed by atoms with Crippen molar-refractivity contribution in [2.45, 2.75) is 25.8 Å². The summed E-state index contributed by atoms with van der Waals surface area (Å²) in [5.74, 6) is 0. The van der Waals surface area contributed by atoms with E-state index in [0.717, 1.165) is 24.9 Å². The minimum atomic E-state index is 0.291. The third-order valence-electron chi connectivity index (χ3n) is 2.40. The molecular formula is C13H17Cl2N. The molecule has 0 amide bonds. The fourth-order valence-corrected chi connectivity index (χ4v) is 2.24. The number of rotatable bonds is 6. The van der Waals surface area contributed by atoms with Gasteiger partial charge in [-0.25, -0.2) is 0 Å². The van der Waals surface area contributed by atoms with E-state index in [1.165, 1.54) is 0 Å². The first-order chi connectivity index (χ1) is 7.67. The summed E-state index contributed by atoms with van der Waals surface area (Å²) >= 11 is 12.0. The lowest BCUT2D eigenvalue weighted by Crippen LogP contribution is -2.20. The zero-order valence-electron chi connectivity index (χ0n) is 9.47. The van der Waals surface area contributed by atoms with Gasteiger partial charge in [-0.15, -0.1) is 6.58 Å². The van der Waals surface area contributed by atoms with Crippen molar-refractivity contribution in [3.63, 3.8) is 0 Å². The van der Waals surface area contributed by atoms with Gasteiger partial charge in [0.25, 0.3) is 0 Å². The zero-order valence-corrected chi connectivity index (χ0v) is 11.0. The van der Waals surface area contributed by atoms with Gasteiger partial charge in [0.05, 0.1) is 0 Å². The van der Waals surface area contributed by atoms with Gasteiger partial charge in [-0.05, 0) is 43.1 Å². The number of nitrogens with one attached hydrogen (secondary N) is 1. The number of allylic oxidation sites excluding steroid dienone is 1. The number of hydrogen-bond donors (Lipinski definition) is 1. The first kappa shape index (κ1) is 13.6. The van der Waals surface area contributed by atoms with E-state index in [9.17, 15) is 0 Å². The van der Waals surface area contributed by atoms with Crippen LogP contribution in [0.25, 0.3) is 0 Å². The van der Waals surface area contributed by atoms with E-state index in [-0.39, 0.29) is 0 Å². The van der Waals surface area contributed by atoms with Crippen molar-refractivity contribution >= 4 is 23.2 Å². The maximum Gasteiger partial charge on any atom is 0.0424 e. The summed E-state index contributed by atoms with van der Waals surface area (Å²) in [7, 11) is 0. The lowest BCUT2D eigenvalue weighted by molar-refractivity contribution is 0.520. The molecule has 0 saturated heterocycles. The van der Waals surface area contributed by atoms with Crippen LogP contribution in [-0.4, -0.2) is 6.54 Å². The van der Waals surface area contributed by atoms with E-state index in [1.54, 1.807) is 6.07 Å². The van der Waals surface area contributed by atoms with Crippen LogP contribution in [0.2, 0.25) is 10.0 Å². The van der Waals surface area contributed by atoms with E-state index < -0.39 is 0 Å². The Labute approximate surface area is 107 Å². The summed E-state index contributed by atoms with van der Waals surface area (Å²) in [5.41, 5.74) is 1.14. The topological polar surface area (TPSA) is 12.0 Å². The second kappa shape index (κ2) is 6.95. The molecule has 1 nitrogen and oxygen atoms in total. The molecule has 3 heteroatoms. The van der Waals surface area contributed by atoms with E-state index >= 15 is 0 Å². The number of hydrogen-bond acceptors (Lipinski definition) is 1. The molecule has 1 unspecified atom stereocenters. The largest absolute Gasteiger partial charge is 0.310 e. The van der Waals surface area contributed by atoms with Crippen molar-refractivity contribution in [3.8, 4) is 0 Å². The van der Waals surface area contributed by atoms with Gasteiger partial charge in [0.1, 0.15) is 0 Å². The molecule has 1 aromatic rings. The fraction of sp³-hybridized carbons (Fsp3) is 0.385. The molecule has 0 aliphatic carbocycles. The van der Waals surface area contributed by atoms with E-state index in [0.29, 0.717) is 16.1 Å². The molecule has 0 aliphatic heterocycles. The lowest BCUT2D eigenvalue weighted by atomic mass is 10.0. The second-order valence-electron chi connectivity index (χ2n) is 3.68. The molecule has 0 spiro atoms. The standard InChI is InChI=1S/C13H17Cl2N/c1-3-5-6-13(16-4-2)10-7-11(14)9-12(15)8-10/h3,7-9,13,16H,1,4-6H2,2H3. The minimum Gasteiger partial charge on any atom is -0.310 e. The van der Waals surface area contributed by atoms with E-state index in [2.05, 4.69) is 18.8 Å². The van der Waals surface area contributed by atoms with Gasteiger partial charge in [-0.1, -0.05) is 36.2 Å². The predicted octanol–water partition coefficient (Wildman–Crippen LogP) is 4.61. The minimum absolute atomic E-state index is 0.291. The maximum atomic E-state index is 6.00. The molecule has 1 aromatic carbocycles. The molecule has 0 aliphatic rings. The van der Waals surface area contributed by atoms with Crippen molar-refractivity contribution < 1.29 is 0 Å². The average Bonchev–Trinajstić information content (AvgIpc) is 2.22.